The van der Waals surface area contributed by atoms with Gasteiger partial charge in [0.2, 0.25) is 5.89 Å². The standard InChI is InChI=1S/C31H35ClN2O2/c32-26-11-9-23(10-12-26)30-20-33-31(36-30)25-8-7-24-18-27(22-4-2-1-3-5-22)28(34-29(24)19-25)13-6-21-14-16-35-17-15-21/h7-12,19-22,27H,1-6,13-18H2. The van der Waals surface area contributed by atoms with Crippen LogP contribution in [-0.4, -0.2) is 23.9 Å². The van der Waals surface area contributed by atoms with Crippen LogP contribution in [0.4, 0.5) is 5.69 Å². The SMILES string of the molecule is Clc1ccc(-c2cnc(-c3ccc4c(c3)N=C(CCC3CCOCC3)C(C3CCCCC3)C4)o2)cc1. The first-order valence-corrected chi connectivity index (χ1v) is 14.1. The Morgan fingerprint density at radius 1 is 0.889 bits per heavy atom. The number of fused-ring (bicyclic) bond motifs is 1. The molecule has 3 heterocycles. The van der Waals surface area contributed by atoms with Gasteiger partial charge in [-0.2, -0.15) is 0 Å². The molecule has 1 aliphatic carbocycles. The lowest BCUT2D eigenvalue weighted by Gasteiger charge is -2.35. The van der Waals surface area contributed by atoms with Gasteiger partial charge in [-0.15, -0.1) is 0 Å². The van der Waals surface area contributed by atoms with Gasteiger partial charge in [-0.25, -0.2) is 4.98 Å². The molecule has 0 bridgehead atoms. The topological polar surface area (TPSA) is 47.6 Å². The molecule has 2 aliphatic heterocycles. The summed E-state index contributed by atoms with van der Waals surface area (Å²) < 4.78 is 11.7. The Morgan fingerprint density at radius 2 is 1.67 bits per heavy atom. The molecule has 4 nitrogen and oxygen atoms in total. The maximum absolute atomic E-state index is 6.14. The number of aliphatic imine (C=N–C) groups is 1. The number of hydrogen-bond donors (Lipinski definition) is 0. The van der Waals surface area contributed by atoms with E-state index in [0.717, 1.165) is 60.5 Å². The van der Waals surface area contributed by atoms with Crippen molar-refractivity contribution in [3.63, 3.8) is 0 Å². The van der Waals surface area contributed by atoms with Crippen molar-refractivity contribution in [2.24, 2.45) is 22.7 Å². The van der Waals surface area contributed by atoms with Crippen molar-refractivity contribution in [1.82, 2.24) is 4.98 Å². The van der Waals surface area contributed by atoms with Gasteiger partial charge in [0.05, 0.1) is 11.9 Å². The van der Waals surface area contributed by atoms with Gasteiger partial charge in [0.25, 0.3) is 0 Å². The monoisotopic (exact) mass is 502 g/mol. The van der Waals surface area contributed by atoms with Gasteiger partial charge >= 0.3 is 0 Å². The average molecular weight is 503 g/mol. The first-order valence-electron chi connectivity index (χ1n) is 13.7. The van der Waals surface area contributed by atoms with Crippen molar-refractivity contribution < 1.29 is 9.15 Å². The molecule has 36 heavy (non-hydrogen) atoms. The van der Waals surface area contributed by atoms with E-state index >= 15 is 0 Å². The molecule has 1 aromatic heterocycles. The van der Waals surface area contributed by atoms with E-state index in [2.05, 4.69) is 23.2 Å². The zero-order chi connectivity index (χ0) is 24.3. The van der Waals surface area contributed by atoms with Crippen LogP contribution in [-0.2, 0) is 11.2 Å². The predicted molar refractivity (Wildman–Crippen MR) is 146 cm³/mol. The minimum Gasteiger partial charge on any atom is -0.436 e. The second kappa shape index (κ2) is 10.9. The molecule has 2 aromatic carbocycles. The third-order valence-corrected chi connectivity index (χ3v) is 8.72. The molecule has 1 unspecified atom stereocenters. The van der Waals surface area contributed by atoms with Crippen molar-refractivity contribution in [2.45, 2.75) is 64.2 Å². The van der Waals surface area contributed by atoms with Crippen molar-refractivity contribution >= 4 is 23.0 Å². The van der Waals surface area contributed by atoms with Crippen molar-refractivity contribution in [1.29, 1.82) is 0 Å². The molecule has 0 radical (unpaired) electrons. The Labute approximate surface area is 219 Å². The van der Waals surface area contributed by atoms with E-state index in [9.17, 15) is 0 Å². The van der Waals surface area contributed by atoms with E-state index < -0.39 is 0 Å². The zero-order valence-corrected chi connectivity index (χ0v) is 21.7. The number of aromatic nitrogens is 1. The summed E-state index contributed by atoms with van der Waals surface area (Å²) in [5, 5.41) is 0.713. The lowest BCUT2D eigenvalue weighted by molar-refractivity contribution is 0.0644. The molecule has 3 aliphatic rings. The van der Waals surface area contributed by atoms with Crippen molar-refractivity contribution in [2.75, 3.05) is 13.2 Å². The number of rotatable bonds is 6. The lowest BCUT2D eigenvalue weighted by atomic mass is 9.72. The number of oxazole rings is 1. The van der Waals surface area contributed by atoms with E-state index in [-0.39, 0.29) is 0 Å². The van der Waals surface area contributed by atoms with Crippen LogP contribution in [0.25, 0.3) is 22.8 Å². The molecule has 1 atom stereocenters. The van der Waals surface area contributed by atoms with Gasteiger partial charge in [-0.3, -0.25) is 4.99 Å². The Hall–Kier alpha value is -2.43. The average Bonchev–Trinajstić information content (AvgIpc) is 3.43. The number of halogens is 1. The van der Waals surface area contributed by atoms with E-state index in [4.69, 9.17) is 25.7 Å². The van der Waals surface area contributed by atoms with Crippen LogP contribution in [0.15, 0.2) is 58.1 Å². The normalized spacial score (nSPS) is 21.2. The highest BCUT2D eigenvalue weighted by Crippen LogP contribution is 2.41. The summed E-state index contributed by atoms with van der Waals surface area (Å²) in [6, 6.07) is 14.2. The molecule has 2 fully saturated rings. The summed E-state index contributed by atoms with van der Waals surface area (Å²) >= 11 is 6.04. The lowest BCUT2D eigenvalue weighted by Crippen LogP contribution is -2.30. The molecule has 188 valence electrons. The Kier molecular flexibility index (Phi) is 7.25. The highest BCUT2D eigenvalue weighted by Gasteiger charge is 2.32. The van der Waals surface area contributed by atoms with Crippen LogP contribution in [0, 0.1) is 17.8 Å². The summed E-state index contributed by atoms with van der Waals surface area (Å²) in [4.78, 5) is 9.93. The van der Waals surface area contributed by atoms with E-state index in [1.165, 1.54) is 62.6 Å². The molecule has 0 amide bonds. The second-order valence-electron chi connectivity index (χ2n) is 10.8. The number of hydrogen-bond acceptors (Lipinski definition) is 4. The Morgan fingerprint density at radius 3 is 2.47 bits per heavy atom. The molecule has 1 saturated heterocycles. The fourth-order valence-electron chi connectivity index (χ4n) is 6.32. The maximum Gasteiger partial charge on any atom is 0.226 e. The summed E-state index contributed by atoms with van der Waals surface area (Å²) in [6.45, 7) is 1.84. The van der Waals surface area contributed by atoms with Gasteiger partial charge in [-0.05, 0) is 98.7 Å². The summed E-state index contributed by atoms with van der Waals surface area (Å²) in [6.07, 6.45) is 14.5. The number of nitrogens with zero attached hydrogens (tertiary/aromatic N) is 2. The minimum atomic E-state index is 0.599. The minimum absolute atomic E-state index is 0.599. The molecule has 3 aromatic rings. The number of benzene rings is 2. The van der Waals surface area contributed by atoms with Crippen LogP contribution in [0.5, 0.6) is 0 Å². The molecule has 1 saturated carbocycles. The van der Waals surface area contributed by atoms with Crippen LogP contribution in [0.1, 0.15) is 63.4 Å². The van der Waals surface area contributed by atoms with Crippen molar-refractivity contribution in [3.05, 3.63) is 59.2 Å². The van der Waals surface area contributed by atoms with E-state index in [1.54, 1.807) is 6.20 Å². The van der Waals surface area contributed by atoms with Gasteiger partial charge in [-0.1, -0.05) is 36.9 Å². The van der Waals surface area contributed by atoms with Gasteiger partial charge in [0, 0.05) is 41.0 Å². The van der Waals surface area contributed by atoms with Crippen LogP contribution < -0.4 is 0 Å². The van der Waals surface area contributed by atoms with Crippen LogP contribution >= 0.6 is 11.6 Å². The van der Waals surface area contributed by atoms with Gasteiger partial charge < -0.3 is 9.15 Å². The summed E-state index contributed by atoms with van der Waals surface area (Å²) in [5.74, 6) is 3.55. The quantitative estimate of drug-likeness (QED) is 0.338. The molecular formula is C31H35ClN2O2. The largest absolute Gasteiger partial charge is 0.436 e. The van der Waals surface area contributed by atoms with Gasteiger partial charge in [0.15, 0.2) is 5.76 Å². The molecule has 0 spiro atoms. The molecule has 5 heteroatoms. The Balaban J connectivity index is 1.26. The molecule has 6 rings (SSSR count). The Bertz CT molecular complexity index is 1200. The van der Waals surface area contributed by atoms with Crippen LogP contribution in [0.2, 0.25) is 5.02 Å². The smallest absolute Gasteiger partial charge is 0.226 e. The fraction of sp³-hybridized carbons (Fsp3) is 0.484. The maximum atomic E-state index is 6.14. The van der Waals surface area contributed by atoms with Crippen LogP contribution in [0.3, 0.4) is 0 Å². The highest BCUT2D eigenvalue weighted by molar-refractivity contribution is 6.30. The van der Waals surface area contributed by atoms with E-state index in [0.29, 0.717) is 16.8 Å². The summed E-state index contributed by atoms with van der Waals surface area (Å²) in [7, 11) is 0. The molecular weight excluding hydrogens is 468 g/mol. The third kappa shape index (κ3) is 5.31. The fourth-order valence-corrected chi connectivity index (χ4v) is 6.45. The van der Waals surface area contributed by atoms with Crippen molar-refractivity contribution in [3.8, 4) is 22.8 Å². The predicted octanol–water partition coefficient (Wildman–Crippen LogP) is 8.69. The number of ether oxygens (including phenoxy) is 1. The second-order valence-corrected chi connectivity index (χ2v) is 11.2. The first kappa shape index (κ1) is 23.9. The summed E-state index contributed by atoms with van der Waals surface area (Å²) in [5.41, 5.74) is 5.87. The van der Waals surface area contributed by atoms with Gasteiger partial charge in [0.1, 0.15) is 0 Å². The first-order chi connectivity index (χ1) is 17.7. The highest BCUT2D eigenvalue weighted by atomic mass is 35.5. The molecule has 0 N–H and O–H groups in total. The third-order valence-electron chi connectivity index (χ3n) is 8.47. The van der Waals surface area contributed by atoms with E-state index in [1.807, 2.05) is 24.3 Å². The zero-order valence-electron chi connectivity index (χ0n) is 20.9.